The molecule has 0 aromatic heterocycles. The van der Waals surface area contributed by atoms with Gasteiger partial charge in [-0.05, 0) is 43.9 Å². The molecule has 1 N–H and O–H groups in total. The predicted octanol–water partition coefficient (Wildman–Crippen LogP) is 3.63. The highest BCUT2D eigenvalue weighted by Gasteiger charge is 2.03. The van der Waals surface area contributed by atoms with Crippen LogP contribution in [0.4, 0.5) is 0 Å². The van der Waals surface area contributed by atoms with Crippen molar-refractivity contribution < 1.29 is 5.11 Å². The molecule has 80 valence electrons. The second-order valence-corrected chi connectivity index (χ2v) is 4.23. The molecule has 15 heavy (non-hydrogen) atoms. The zero-order valence-electron chi connectivity index (χ0n) is 9.51. The number of aromatic hydroxyl groups is 1. The summed E-state index contributed by atoms with van der Waals surface area (Å²) >= 11 is 0. The number of allylic oxidation sites excluding steroid dienone is 2. The first kappa shape index (κ1) is 11.6. The lowest BCUT2D eigenvalue weighted by Gasteiger charge is -2.07. The van der Waals surface area contributed by atoms with Gasteiger partial charge in [0.1, 0.15) is 5.75 Å². The van der Waals surface area contributed by atoms with E-state index in [2.05, 4.69) is 13.2 Å². The van der Waals surface area contributed by atoms with Crippen LogP contribution in [0.3, 0.4) is 0 Å². The largest absolute Gasteiger partial charge is 0.508 e. The van der Waals surface area contributed by atoms with Crippen molar-refractivity contribution in [2.75, 3.05) is 0 Å². The van der Waals surface area contributed by atoms with Crippen LogP contribution in [0.5, 0.6) is 5.75 Å². The highest BCUT2D eigenvalue weighted by atomic mass is 16.3. The molecule has 0 bridgehead atoms. The number of phenols is 1. The Morgan fingerprint density at radius 3 is 2.27 bits per heavy atom. The van der Waals surface area contributed by atoms with Crippen molar-refractivity contribution in [1.29, 1.82) is 0 Å². The van der Waals surface area contributed by atoms with E-state index in [0.29, 0.717) is 5.75 Å². The predicted molar refractivity (Wildman–Crippen MR) is 65.1 cm³/mol. The number of rotatable bonds is 4. The molecule has 0 amide bonds. The van der Waals surface area contributed by atoms with Crippen molar-refractivity contribution in [3.8, 4) is 5.75 Å². The lowest BCUT2D eigenvalue weighted by atomic mass is 10.0. The van der Waals surface area contributed by atoms with E-state index < -0.39 is 0 Å². The first-order valence-corrected chi connectivity index (χ1v) is 5.08. The Labute approximate surface area is 91.8 Å². The summed E-state index contributed by atoms with van der Waals surface area (Å²) in [6.07, 6.45) is 1.60. The number of hydrogen-bond acceptors (Lipinski definition) is 1. The standard InChI is InChI=1S/C14H18O/c1-10(2)7-12-5-6-14(15)13(9-12)8-11(3)4/h5-6,9,15H,1,3,7-8H2,2,4H3. The monoisotopic (exact) mass is 202 g/mol. The summed E-state index contributed by atoms with van der Waals surface area (Å²) in [4.78, 5) is 0. The summed E-state index contributed by atoms with van der Waals surface area (Å²) in [6.45, 7) is 11.7. The second kappa shape index (κ2) is 4.83. The fourth-order valence-corrected chi connectivity index (χ4v) is 1.56. The molecule has 0 aliphatic heterocycles. The van der Waals surface area contributed by atoms with Gasteiger partial charge >= 0.3 is 0 Å². The summed E-state index contributed by atoms with van der Waals surface area (Å²) in [5.41, 5.74) is 4.32. The third kappa shape index (κ3) is 3.62. The lowest BCUT2D eigenvalue weighted by molar-refractivity contribution is 0.469. The molecule has 1 nitrogen and oxygen atoms in total. The minimum atomic E-state index is 0.350. The third-order valence-electron chi connectivity index (χ3n) is 2.14. The zero-order valence-corrected chi connectivity index (χ0v) is 9.51. The van der Waals surface area contributed by atoms with Gasteiger partial charge in [-0.25, -0.2) is 0 Å². The molecule has 0 saturated heterocycles. The zero-order chi connectivity index (χ0) is 11.4. The van der Waals surface area contributed by atoms with E-state index >= 15 is 0 Å². The van der Waals surface area contributed by atoms with Gasteiger partial charge in [-0.1, -0.05) is 36.4 Å². The Balaban J connectivity index is 2.94. The maximum absolute atomic E-state index is 9.65. The molecule has 0 aliphatic carbocycles. The molecule has 1 rings (SSSR count). The molecular formula is C14H18O. The van der Waals surface area contributed by atoms with Crippen molar-refractivity contribution in [3.63, 3.8) is 0 Å². The minimum absolute atomic E-state index is 0.350. The van der Waals surface area contributed by atoms with Crippen LogP contribution in [0.1, 0.15) is 25.0 Å². The van der Waals surface area contributed by atoms with E-state index in [9.17, 15) is 5.11 Å². The lowest BCUT2D eigenvalue weighted by Crippen LogP contribution is -1.91. The molecule has 0 fully saturated rings. The van der Waals surface area contributed by atoms with Gasteiger partial charge < -0.3 is 5.11 Å². The van der Waals surface area contributed by atoms with Crippen molar-refractivity contribution in [3.05, 3.63) is 53.6 Å². The van der Waals surface area contributed by atoms with E-state index in [-0.39, 0.29) is 0 Å². The summed E-state index contributed by atoms with van der Waals surface area (Å²) < 4.78 is 0. The van der Waals surface area contributed by atoms with Crippen LogP contribution in [0, 0.1) is 0 Å². The van der Waals surface area contributed by atoms with Gasteiger partial charge in [0.15, 0.2) is 0 Å². The summed E-state index contributed by atoms with van der Waals surface area (Å²) in [7, 11) is 0. The quantitative estimate of drug-likeness (QED) is 0.739. The SMILES string of the molecule is C=C(C)Cc1ccc(O)c(CC(=C)C)c1. The van der Waals surface area contributed by atoms with Crippen LogP contribution >= 0.6 is 0 Å². The fourth-order valence-electron chi connectivity index (χ4n) is 1.56. The Morgan fingerprint density at radius 1 is 1.13 bits per heavy atom. The van der Waals surface area contributed by atoms with Crippen LogP contribution in [-0.2, 0) is 12.8 Å². The van der Waals surface area contributed by atoms with Gasteiger partial charge in [0.2, 0.25) is 0 Å². The number of phenolic OH excluding ortho intramolecular Hbond substituents is 1. The molecule has 1 heteroatoms. The first-order chi connectivity index (χ1) is 6.99. The highest BCUT2D eigenvalue weighted by Crippen LogP contribution is 2.22. The normalized spacial score (nSPS) is 10.0. The van der Waals surface area contributed by atoms with Gasteiger partial charge in [0.05, 0.1) is 0 Å². The van der Waals surface area contributed by atoms with Crippen molar-refractivity contribution >= 4 is 0 Å². The summed E-state index contributed by atoms with van der Waals surface area (Å²) in [5.74, 6) is 0.350. The summed E-state index contributed by atoms with van der Waals surface area (Å²) in [6, 6.07) is 5.71. The molecule has 0 unspecified atom stereocenters. The minimum Gasteiger partial charge on any atom is -0.508 e. The van der Waals surface area contributed by atoms with E-state index in [1.807, 2.05) is 26.0 Å². The molecule has 0 atom stereocenters. The van der Waals surface area contributed by atoms with Crippen LogP contribution < -0.4 is 0 Å². The fraction of sp³-hybridized carbons (Fsp3) is 0.286. The van der Waals surface area contributed by atoms with Gasteiger partial charge in [0.25, 0.3) is 0 Å². The van der Waals surface area contributed by atoms with Gasteiger partial charge in [-0.2, -0.15) is 0 Å². The van der Waals surface area contributed by atoms with Gasteiger partial charge in [-0.3, -0.25) is 0 Å². The van der Waals surface area contributed by atoms with Crippen molar-refractivity contribution in [2.45, 2.75) is 26.7 Å². The Bertz CT molecular complexity index is 388. The van der Waals surface area contributed by atoms with Crippen LogP contribution in [0.25, 0.3) is 0 Å². The van der Waals surface area contributed by atoms with Crippen LogP contribution in [0.15, 0.2) is 42.5 Å². The second-order valence-electron chi connectivity index (χ2n) is 4.23. The Kier molecular flexibility index (Phi) is 3.73. The topological polar surface area (TPSA) is 20.2 Å². The third-order valence-corrected chi connectivity index (χ3v) is 2.14. The van der Waals surface area contributed by atoms with Gasteiger partial charge in [0, 0.05) is 0 Å². The molecular weight excluding hydrogens is 184 g/mol. The highest BCUT2D eigenvalue weighted by molar-refractivity contribution is 5.39. The number of benzene rings is 1. The van der Waals surface area contributed by atoms with E-state index in [0.717, 1.165) is 29.6 Å². The molecule has 1 aromatic carbocycles. The van der Waals surface area contributed by atoms with Crippen LogP contribution in [0.2, 0.25) is 0 Å². The molecule has 0 aliphatic rings. The molecule has 0 radical (unpaired) electrons. The maximum atomic E-state index is 9.65. The van der Waals surface area contributed by atoms with Crippen LogP contribution in [-0.4, -0.2) is 5.11 Å². The molecule has 0 spiro atoms. The first-order valence-electron chi connectivity index (χ1n) is 5.08. The van der Waals surface area contributed by atoms with Crippen molar-refractivity contribution in [2.24, 2.45) is 0 Å². The maximum Gasteiger partial charge on any atom is 0.119 e. The molecule has 1 aromatic rings. The smallest absolute Gasteiger partial charge is 0.119 e. The Morgan fingerprint density at radius 2 is 1.73 bits per heavy atom. The molecule has 0 saturated carbocycles. The number of hydrogen-bond donors (Lipinski definition) is 1. The average Bonchev–Trinajstić information content (AvgIpc) is 2.09. The van der Waals surface area contributed by atoms with E-state index in [1.54, 1.807) is 6.07 Å². The molecule has 0 heterocycles. The summed E-state index contributed by atoms with van der Waals surface area (Å²) in [5, 5.41) is 9.65. The van der Waals surface area contributed by atoms with Gasteiger partial charge in [-0.15, -0.1) is 0 Å². The van der Waals surface area contributed by atoms with E-state index in [1.165, 1.54) is 5.56 Å². The van der Waals surface area contributed by atoms with E-state index in [4.69, 9.17) is 0 Å². The van der Waals surface area contributed by atoms with Crippen molar-refractivity contribution in [1.82, 2.24) is 0 Å². The Hall–Kier alpha value is -1.50. The average molecular weight is 202 g/mol.